The number of halogens is 2. The van der Waals surface area contributed by atoms with Crippen molar-refractivity contribution < 1.29 is 9.13 Å². The third kappa shape index (κ3) is 2.16. The standard InChI is InChI=1S/C10H12ClFN2O/c11-7-5-8(12)10(6-9(7)13)14-1-3-15-4-2-14/h5-6H,1-4,13H2. The molecule has 0 aromatic heterocycles. The van der Waals surface area contributed by atoms with Crippen LogP contribution in [0.25, 0.3) is 0 Å². The average Bonchev–Trinajstić information content (AvgIpc) is 2.25. The van der Waals surface area contributed by atoms with Crippen molar-refractivity contribution in [1.29, 1.82) is 0 Å². The molecule has 0 bridgehead atoms. The number of morpholine rings is 1. The van der Waals surface area contributed by atoms with Gasteiger partial charge in [-0.1, -0.05) is 11.6 Å². The van der Waals surface area contributed by atoms with Gasteiger partial charge in [0.2, 0.25) is 0 Å². The summed E-state index contributed by atoms with van der Waals surface area (Å²) in [7, 11) is 0. The third-order valence-corrected chi connectivity index (χ3v) is 2.75. The predicted molar refractivity (Wildman–Crippen MR) is 58.9 cm³/mol. The van der Waals surface area contributed by atoms with Crippen molar-refractivity contribution in [2.75, 3.05) is 36.9 Å². The maximum atomic E-state index is 13.6. The minimum absolute atomic E-state index is 0.254. The molecule has 1 aromatic rings. The lowest BCUT2D eigenvalue weighted by Crippen LogP contribution is -2.36. The van der Waals surface area contributed by atoms with Crippen molar-refractivity contribution >= 4 is 23.0 Å². The molecule has 82 valence electrons. The predicted octanol–water partition coefficient (Wildman–Crippen LogP) is 1.90. The normalized spacial score (nSPS) is 16.8. The number of nitrogens with zero attached hydrogens (tertiary/aromatic N) is 1. The molecule has 1 fully saturated rings. The molecule has 1 heterocycles. The Bertz CT molecular complexity index is 367. The molecule has 0 amide bonds. The second-order valence-corrected chi connectivity index (χ2v) is 3.83. The summed E-state index contributed by atoms with van der Waals surface area (Å²) in [5, 5.41) is 0.254. The lowest BCUT2D eigenvalue weighted by molar-refractivity contribution is 0.122. The molecular formula is C10H12ClFN2O. The number of rotatable bonds is 1. The van der Waals surface area contributed by atoms with Gasteiger partial charge in [-0.25, -0.2) is 4.39 Å². The van der Waals surface area contributed by atoms with Crippen molar-refractivity contribution in [3.05, 3.63) is 23.0 Å². The highest BCUT2D eigenvalue weighted by molar-refractivity contribution is 6.33. The van der Waals surface area contributed by atoms with Crippen molar-refractivity contribution in [2.45, 2.75) is 0 Å². The van der Waals surface area contributed by atoms with E-state index in [9.17, 15) is 4.39 Å². The summed E-state index contributed by atoms with van der Waals surface area (Å²) in [6, 6.07) is 2.82. The van der Waals surface area contributed by atoms with E-state index in [0.717, 1.165) is 0 Å². The molecule has 1 aromatic carbocycles. The van der Waals surface area contributed by atoms with Crippen molar-refractivity contribution in [3.8, 4) is 0 Å². The van der Waals surface area contributed by atoms with Crippen molar-refractivity contribution in [1.82, 2.24) is 0 Å². The van der Waals surface area contributed by atoms with Gasteiger partial charge in [0, 0.05) is 13.1 Å². The lowest BCUT2D eigenvalue weighted by Gasteiger charge is -2.29. The Hall–Kier alpha value is -1.00. The van der Waals surface area contributed by atoms with Crippen molar-refractivity contribution in [2.24, 2.45) is 0 Å². The van der Waals surface area contributed by atoms with E-state index in [1.807, 2.05) is 4.90 Å². The van der Waals surface area contributed by atoms with Crippen LogP contribution < -0.4 is 10.6 Å². The highest BCUT2D eigenvalue weighted by Gasteiger charge is 2.16. The van der Waals surface area contributed by atoms with Gasteiger partial charge >= 0.3 is 0 Å². The van der Waals surface area contributed by atoms with E-state index >= 15 is 0 Å². The van der Waals surface area contributed by atoms with Crippen LogP contribution in [0.1, 0.15) is 0 Å². The lowest BCUT2D eigenvalue weighted by atomic mass is 10.2. The number of benzene rings is 1. The van der Waals surface area contributed by atoms with Crippen LogP contribution in [0.4, 0.5) is 15.8 Å². The van der Waals surface area contributed by atoms with Crippen LogP contribution in [0.15, 0.2) is 12.1 Å². The van der Waals surface area contributed by atoms with Gasteiger partial charge in [0.25, 0.3) is 0 Å². The van der Waals surface area contributed by atoms with Gasteiger partial charge in [0.1, 0.15) is 5.82 Å². The molecular weight excluding hydrogens is 219 g/mol. The highest BCUT2D eigenvalue weighted by Crippen LogP contribution is 2.28. The fourth-order valence-corrected chi connectivity index (χ4v) is 1.75. The number of anilines is 2. The summed E-state index contributed by atoms with van der Waals surface area (Å²) in [6.45, 7) is 2.58. The van der Waals surface area contributed by atoms with Gasteiger partial charge in [-0.2, -0.15) is 0 Å². The van der Waals surface area contributed by atoms with Gasteiger partial charge < -0.3 is 15.4 Å². The van der Waals surface area contributed by atoms with E-state index in [-0.39, 0.29) is 10.8 Å². The minimum atomic E-state index is -0.337. The van der Waals surface area contributed by atoms with E-state index in [1.165, 1.54) is 6.07 Å². The zero-order valence-corrected chi connectivity index (χ0v) is 8.93. The van der Waals surface area contributed by atoms with Crippen molar-refractivity contribution in [3.63, 3.8) is 0 Å². The van der Waals surface area contributed by atoms with Crippen LogP contribution in [-0.4, -0.2) is 26.3 Å². The summed E-state index contributed by atoms with van der Waals surface area (Å²) in [6.07, 6.45) is 0. The number of nitrogens with two attached hydrogens (primary N) is 1. The first-order valence-corrected chi connectivity index (χ1v) is 5.13. The van der Waals surface area contributed by atoms with Gasteiger partial charge in [-0.3, -0.25) is 0 Å². The topological polar surface area (TPSA) is 38.5 Å². The molecule has 2 N–H and O–H groups in total. The molecule has 0 radical (unpaired) electrons. The molecule has 0 saturated carbocycles. The van der Waals surface area contributed by atoms with Crippen LogP contribution in [0.2, 0.25) is 5.02 Å². The molecule has 2 rings (SSSR count). The first kappa shape index (κ1) is 10.5. The van der Waals surface area contributed by atoms with E-state index in [4.69, 9.17) is 22.1 Å². The zero-order chi connectivity index (χ0) is 10.8. The summed E-state index contributed by atoms with van der Waals surface area (Å²) in [5.74, 6) is -0.337. The van der Waals surface area contributed by atoms with Gasteiger partial charge in [-0.05, 0) is 12.1 Å². The SMILES string of the molecule is Nc1cc(N2CCOCC2)c(F)cc1Cl. The quantitative estimate of drug-likeness (QED) is 0.749. The fraction of sp³-hybridized carbons (Fsp3) is 0.400. The number of hydrogen-bond donors (Lipinski definition) is 1. The number of ether oxygens (including phenoxy) is 1. The van der Waals surface area contributed by atoms with Crippen LogP contribution in [-0.2, 0) is 4.74 Å². The molecule has 0 atom stereocenters. The van der Waals surface area contributed by atoms with Gasteiger partial charge in [0.05, 0.1) is 29.6 Å². The van der Waals surface area contributed by atoms with Gasteiger partial charge in [-0.15, -0.1) is 0 Å². The van der Waals surface area contributed by atoms with E-state index < -0.39 is 0 Å². The van der Waals surface area contributed by atoms with E-state index in [2.05, 4.69) is 0 Å². The third-order valence-electron chi connectivity index (χ3n) is 2.42. The summed E-state index contributed by atoms with van der Waals surface area (Å²) in [5.41, 5.74) is 6.54. The second kappa shape index (κ2) is 4.24. The van der Waals surface area contributed by atoms with Crippen LogP contribution in [0, 0.1) is 5.82 Å². The Morgan fingerprint density at radius 1 is 1.33 bits per heavy atom. The fourth-order valence-electron chi connectivity index (χ4n) is 1.60. The molecule has 15 heavy (non-hydrogen) atoms. The van der Waals surface area contributed by atoms with E-state index in [1.54, 1.807) is 6.07 Å². The molecule has 0 unspecified atom stereocenters. The Morgan fingerprint density at radius 2 is 2.00 bits per heavy atom. The minimum Gasteiger partial charge on any atom is -0.397 e. The summed E-state index contributed by atoms with van der Waals surface area (Å²) in [4.78, 5) is 1.91. The monoisotopic (exact) mass is 230 g/mol. The largest absolute Gasteiger partial charge is 0.397 e. The zero-order valence-electron chi connectivity index (χ0n) is 8.17. The Balaban J connectivity index is 2.30. The maximum Gasteiger partial charge on any atom is 0.148 e. The molecule has 0 spiro atoms. The Morgan fingerprint density at radius 3 is 2.67 bits per heavy atom. The van der Waals surface area contributed by atoms with Crippen LogP contribution >= 0.6 is 11.6 Å². The molecule has 5 heteroatoms. The number of nitrogen functional groups attached to an aromatic ring is 1. The van der Waals surface area contributed by atoms with Crippen LogP contribution in [0.3, 0.4) is 0 Å². The summed E-state index contributed by atoms with van der Waals surface area (Å²) < 4.78 is 18.8. The molecule has 3 nitrogen and oxygen atoms in total. The average molecular weight is 231 g/mol. The number of hydrogen-bond acceptors (Lipinski definition) is 3. The Labute approximate surface area is 92.6 Å². The molecule has 1 aliphatic heterocycles. The smallest absolute Gasteiger partial charge is 0.148 e. The maximum absolute atomic E-state index is 13.6. The van der Waals surface area contributed by atoms with E-state index in [0.29, 0.717) is 37.7 Å². The second-order valence-electron chi connectivity index (χ2n) is 3.42. The first-order valence-electron chi connectivity index (χ1n) is 4.75. The Kier molecular flexibility index (Phi) is 2.98. The van der Waals surface area contributed by atoms with Crippen LogP contribution in [0.5, 0.6) is 0 Å². The highest BCUT2D eigenvalue weighted by atomic mass is 35.5. The molecule has 1 aliphatic rings. The first-order chi connectivity index (χ1) is 7.18. The molecule has 0 aliphatic carbocycles. The summed E-state index contributed by atoms with van der Waals surface area (Å²) >= 11 is 5.72. The van der Waals surface area contributed by atoms with Gasteiger partial charge in [0.15, 0.2) is 0 Å². The molecule has 1 saturated heterocycles.